The smallest absolute Gasteiger partial charge is 0.254 e. The fourth-order valence-corrected chi connectivity index (χ4v) is 6.16. The Morgan fingerprint density at radius 3 is 2.26 bits per heavy atom. The summed E-state index contributed by atoms with van der Waals surface area (Å²) in [5.41, 5.74) is 1.79. The van der Waals surface area contributed by atoms with Crippen molar-refractivity contribution < 1.29 is 13.2 Å². The van der Waals surface area contributed by atoms with Crippen LogP contribution in [0.25, 0.3) is 16.9 Å². The fourth-order valence-electron chi connectivity index (χ4n) is 4.01. The minimum atomic E-state index is -3.74. The van der Waals surface area contributed by atoms with Gasteiger partial charge in [-0.1, -0.05) is 35.3 Å². The van der Waals surface area contributed by atoms with E-state index in [1.165, 1.54) is 28.8 Å². The Kier molecular flexibility index (Phi) is 6.07. The average molecular weight is 519 g/mol. The molecule has 0 spiro atoms. The number of halogens is 2. The molecular formula is C22H20Cl2N6O3S. The fraction of sp³-hybridized carbons (Fsp3) is 0.227. The summed E-state index contributed by atoms with van der Waals surface area (Å²) in [5.74, 6) is 2.02. The summed E-state index contributed by atoms with van der Waals surface area (Å²) < 4.78 is 34.8. The molecule has 0 N–H and O–H groups in total. The van der Waals surface area contributed by atoms with Crippen molar-refractivity contribution in [1.29, 1.82) is 0 Å². The molecule has 1 fully saturated rings. The van der Waals surface area contributed by atoms with Gasteiger partial charge in [-0.2, -0.15) is 18.9 Å². The Bertz CT molecular complexity index is 1430. The molecule has 4 aromatic rings. The van der Waals surface area contributed by atoms with Crippen LogP contribution in [0.2, 0.25) is 10.0 Å². The van der Waals surface area contributed by atoms with Crippen molar-refractivity contribution in [2.75, 3.05) is 38.2 Å². The van der Waals surface area contributed by atoms with Crippen LogP contribution < -0.4 is 9.64 Å². The molecule has 0 amide bonds. The van der Waals surface area contributed by atoms with Crippen molar-refractivity contribution >= 4 is 44.8 Å². The molecule has 1 aliphatic heterocycles. The van der Waals surface area contributed by atoms with E-state index in [9.17, 15) is 8.42 Å². The number of methoxy groups -OCH3 is 1. The number of fused-ring (bicyclic) bond motifs is 1. The topological polar surface area (TPSA) is 92.9 Å². The van der Waals surface area contributed by atoms with E-state index in [4.69, 9.17) is 27.9 Å². The van der Waals surface area contributed by atoms with E-state index in [1.807, 2.05) is 24.3 Å². The monoisotopic (exact) mass is 518 g/mol. The van der Waals surface area contributed by atoms with Crippen molar-refractivity contribution in [3.05, 3.63) is 65.0 Å². The number of ether oxygens (including phenoxy) is 1. The molecule has 2 aromatic heterocycles. The van der Waals surface area contributed by atoms with E-state index >= 15 is 0 Å². The molecule has 12 heteroatoms. The zero-order valence-corrected chi connectivity index (χ0v) is 20.4. The number of hydrogen-bond acceptors (Lipinski definition) is 7. The number of benzene rings is 2. The number of rotatable bonds is 5. The van der Waals surface area contributed by atoms with Crippen LogP contribution in [0.15, 0.2) is 59.9 Å². The summed E-state index contributed by atoms with van der Waals surface area (Å²) in [6, 6.07) is 12.0. The highest BCUT2D eigenvalue weighted by Gasteiger charge is 2.31. The highest BCUT2D eigenvalue weighted by atomic mass is 35.5. The second-order valence-corrected chi connectivity index (χ2v) is 10.5. The first kappa shape index (κ1) is 22.9. The molecule has 0 aliphatic carbocycles. The molecule has 0 unspecified atom stereocenters. The largest absolute Gasteiger partial charge is 0.497 e. The van der Waals surface area contributed by atoms with Gasteiger partial charge in [-0.15, -0.1) is 0 Å². The SMILES string of the molecule is COc1ccc(-c2cnc3ncnn3c2N2CCN(S(=O)(=O)c3cc(Cl)cc(Cl)c3)CC2)cc1. The van der Waals surface area contributed by atoms with Crippen molar-refractivity contribution in [2.45, 2.75) is 4.90 Å². The maximum Gasteiger partial charge on any atom is 0.254 e. The molecule has 2 aromatic carbocycles. The van der Waals surface area contributed by atoms with Gasteiger partial charge in [-0.25, -0.2) is 13.4 Å². The number of aromatic nitrogens is 4. The van der Waals surface area contributed by atoms with Crippen LogP contribution in [0.5, 0.6) is 5.75 Å². The van der Waals surface area contributed by atoms with Gasteiger partial charge in [-0.05, 0) is 35.9 Å². The molecule has 5 rings (SSSR count). The van der Waals surface area contributed by atoms with E-state index < -0.39 is 10.0 Å². The highest BCUT2D eigenvalue weighted by molar-refractivity contribution is 7.89. The minimum absolute atomic E-state index is 0.0833. The maximum atomic E-state index is 13.2. The van der Waals surface area contributed by atoms with Crippen molar-refractivity contribution in [1.82, 2.24) is 23.9 Å². The molecule has 1 saturated heterocycles. The Hall–Kier alpha value is -2.92. The molecule has 176 valence electrons. The molecule has 0 atom stereocenters. The lowest BCUT2D eigenvalue weighted by molar-refractivity contribution is 0.383. The summed E-state index contributed by atoms with van der Waals surface area (Å²) >= 11 is 12.1. The van der Waals surface area contributed by atoms with E-state index in [1.54, 1.807) is 17.8 Å². The third-order valence-electron chi connectivity index (χ3n) is 5.69. The van der Waals surface area contributed by atoms with Gasteiger partial charge in [0.2, 0.25) is 10.0 Å². The first-order valence-corrected chi connectivity index (χ1v) is 12.6. The molecule has 1 aliphatic rings. The number of piperazine rings is 1. The first-order chi connectivity index (χ1) is 16.4. The van der Waals surface area contributed by atoms with E-state index in [2.05, 4.69) is 20.0 Å². The van der Waals surface area contributed by atoms with Gasteiger partial charge in [0, 0.05) is 48.0 Å². The quantitative estimate of drug-likeness (QED) is 0.398. The standard InChI is InChI=1S/C22H20Cl2N6O3S/c1-33-18-4-2-15(3-5-18)20-13-25-22-26-14-27-30(22)21(20)28-6-8-29(9-7-28)34(31,32)19-11-16(23)10-17(24)12-19/h2-5,10-14H,6-9H2,1H3. The van der Waals surface area contributed by atoms with Crippen LogP contribution in [-0.2, 0) is 10.0 Å². The lowest BCUT2D eigenvalue weighted by atomic mass is 10.1. The first-order valence-electron chi connectivity index (χ1n) is 10.4. The predicted molar refractivity (Wildman–Crippen MR) is 130 cm³/mol. The van der Waals surface area contributed by atoms with E-state index in [0.717, 1.165) is 22.7 Å². The number of anilines is 1. The Balaban J connectivity index is 1.46. The normalized spacial score (nSPS) is 15.1. The zero-order valence-electron chi connectivity index (χ0n) is 18.1. The molecule has 9 nitrogen and oxygen atoms in total. The lowest BCUT2D eigenvalue weighted by Gasteiger charge is -2.36. The van der Waals surface area contributed by atoms with Gasteiger partial charge < -0.3 is 9.64 Å². The van der Waals surface area contributed by atoms with Gasteiger partial charge in [0.15, 0.2) is 0 Å². The summed E-state index contributed by atoms with van der Waals surface area (Å²) in [6.45, 7) is 1.48. The summed E-state index contributed by atoms with van der Waals surface area (Å²) in [6.07, 6.45) is 3.21. The van der Waals surface area contributed by atoms with Gasteiger partial charge in [0.05, 0.1) is 12.0 Å². The van der Waals surface area contributed by atoms with E-state index in [-0.39, 0.29) is 28.0 Å². The highest BCUT2D eigenvalue weighted by Crippen LogP contribution is 2.33. The molecule has 0 radical (unpaired) electrons. The Morgan fingerprint density at radius 2 is 1.62 bits per heavy atom. The molecule has 34 heavy (non-hydrogen) atoms. The van der Waals surface area contributed by atoms with Gasteiger partial charge in [0.25, 0.3) is 5.78 Å². The lowest BCUT2D eigenvalue weighted by Crippen LogP contribution is -2.49. The molecule has 3 heterocycles. The predicted octanol–water partition coefficient (Wildman–Crippen LogP) is 3.62. The van der Waals surface area contributed by atoms with Crippen LogP contribution in [0.3, 0.4) is 0 Å². The molecule has 0 bridgehead atoms. The van der Waals surface area contributed by atoms with Crippen LogP contribution >= 0.6 is 23.2 Å². The Morgan fingerprint density at radius 1 is 0.941 bits per heavy atom. The zero-order chi connectivity index (χ0) is 23.9. The molecule has 0 saturated carbocycles. The van der Waals surface area contributed by atoms with Crippen molar-refractivity contribution in [3.63, 3.8) is 0 Å². The van der Waals surface area contributed by atoms with Crippen LogP contribution in [0, 0.1) is 0 Å². The number of sulfonamides is 1. The van der Waals surface area contributed by atoms with Gasteiger partial charge >= 0.3 is 0 Å². The maximum absolute atomic E-state index is 13.2. The summed E-state index contributed by atoms with van der Waals surface area (Å²) in [4.78, 5) is 10.8. The molecular weight excluding hydrogens is 499 g/mol. The number of hydrogen-bond donors (Lipinski definition) is 0. The van der Waals surface area contributed by atoms with Crippen molar-refractivity contribution in [2.24, 2.45) is 0 Å². The average Bonchev–Trinajstić information content (AvgIpc) is 3.32. The number of nitrogens with zero attached hydrogens (tertiary/aromatic N) is 6. The summed E-state index contributed by atoms with van der Waals surface area (Å²) in [7, 11) is -2.12. The second kappa shape index (κ2) is 9.03. The Labute approximate surface area is 206 Å². The van der Waals surface area contributed by atoms with Crippen LogP contribution in [0.1, 0.15) is 0 Å². The second-order valence-electron chi connectivity index (χ2n) is 7.69. The van der Waals surface area contributed by atoms with Crippen LogP contribution in [0.4, 0.5) is 5.82 Å². The van der Waals surface area contributed by atoms with Gasteiger partial charge in [0.1, 0.15) is 17.9 Å². The van der Waals surface area contributed by atoms with Gasteiger partial charge in [-0.3, -0.25) is 0 Å². The van der Waals surface area contributed by atoms with E-state index in [0.29, 0.717) is 18.9 Å². The van der Waals surface area contributed by atoms with Crippen molar-refractivity contribution in [3.8, 4) is 16.9 Å². The third-order valence-corrected chi connectivity index (χ3v) is 8.01. The third kappa shape index (κ3) is 4.18. The summed E-state index contributed by atoms with van der Waals surface area (Å²) in [5, 5.41) is 4.92. The minimum Gasteiger partial charge on any atom is -0.497 e. The van der Waals surface area contributed by atoms with Crippen LogP contribution in [-0.4, -0.2) is 65.6 Å².